The second-order valence-corrected chi connectivity index (χ2v) is 9.25. The number of amides is 1. The highest BCUT2D eigenvalue weighted by molar-refractivity contribution is 7.90. The first-order chi connectivity index (χ1) is 13.8. The highest BCUT2D eigenvalue weighted by Crippen LogP contribution is 2.24. The van der Waals surface area contributed by atoms with Crippen LogP contribution in [-0.4, -0.2) is 38.8 Å². The summed E-state index contributed by atoms with van der Waals surface area (Å²) in [6, 6.07) is 13.1. The van der Waals surface area contributed by atoms with Crippen LogP contribution >= 0.6 is 0 Å². The van der Waals surface area contributed by atoms with Gasteiger partial charge in [0, 0.05) is 26.7 Å². The number of nitrogens with zero attached hydrogens (tertiary/aromatic N) is 2. The van der Waals surface area contributed by atoms with Gasteiger partial charge in [-0.25, -0.2) is 4.39 Å². The lowest BCUT2D eigenvalue weighted by atomic mass is 9.98. The van der Waals surface area contributed by atoms with Crippen LogP contribution in [0.4, 0.5) is 10.1 Å². The van der Waals surface area contributed by atoms with Crippen LogP contribution < -0.4 is 9.62 Å². The number of anilines is 1. The molecule has 6 nitrogen and oxygen atoms in total. The molecule has 3 rings (SSSR count). The molecule has 1 aliphatic rings. The van der Waals surface area contributed by atoms with Crippen molar-refractivity contribution in [1.82, 2.24) is 9.62 Å². The van der Waals surface area contributed by atoms with Crippen molar-refractivity contribution in [3.05, 3.63) is 65.5 Å². The maximum absolute atomic E-state index is 13.1. The molecule has 156 valence electrons. The molecule has 0 radical (unpaired) electrons. The van der Waals surface area contributed by atoms with E-state index >= 15 is 0 Å². The average Bonchev–Trinajstić information content (AvgIpc) is 2.73. The largest absolute Gasteiger partial charge is 0.352 e. The van der Waals surface area contributed by atoms with E-state index in [0.29, 0.717) is 31.6 Å². The first kappa shape index (κ1) is 21.3. The molecule has 0 spiro atoms. The summed E-state index contributed by atoms with van der Waals surface area (Å²) >= 11 is 0. The Labute approximate surface area is 171 Å². The SMILES string of the molecule is Cc1ccccc1CNC(=O)[C@H]1CCCN(S(=O)(=O)N(C)c2ccc(F)cc2)C1. The van der Waals surface area contributed by atoms with Crippen LogP contribution in [-0.2, 0) is 21.5 Å². The second-order valence-electron chi connectivity index (χ2n) is 7.29. The maximum Gasteiger partial charge on any atom is 0.303 e. The van der Waals surface area contributed by atoms with Gasteiger partial charge in [0.1, 0.15) is 5.82 Å². The lowest BCUT2D eigenvalue weighted by Crippen LogP contribution is -2.49. The maximum atomic E-state index is 13.1. The summed E-state index contributed by atoms with van der Waals surface area (Å²) in [5.41, 5.74) is 2.51. The molecular weight excluding hydrogens is 393 g/mol. The zero-order chi connectivity index (χ0) is 21.0. The molecule has 0 bridgehead atoms. The number of nitrogens with one attached hydrogen (secondary N) is 1. The van der Waals surface area contributed by atoms with Gasteiger partial charge in [-0.1, -0.05) is 24.3 Å². The van der Waals surface area contributed by atoms with Crippen LogP contribution in [0.25, 0.3) is 0 Å². The first-order valence-corrected chi connectivity index (χ1v) is 11.0. The van der Waals surface area contributed by atoms with E-state index in [1.165, 1.54) is 35.6 Å². The molecule has 0 aliphatic carbocycles. The molecule has 8 heteroatoms. The van der Waals surface area contributed by atoms with Gasteiger partial charge in [0.25, 0.3) is 0 Å². The molecule has 0 unspecified atom stereocenters. The van der Waals surface area contributed by atoms with Crippen LogP contribution in [0.3, 0.4) is 0 Å². The number of halogens is 1. The predicted octanol–water partition coefficient (Wildman–Crippen LogP) is 2.84. The zero-order valence-electron chi connectivity index (χ0n) is 16.6. The van der Waals surface area contributed by atoms with Gasteiger partial charge in [-0.05, 0) is 55.2 Å². The van der Waals surface area contributed by atoms with Gasteiger partial charge < -0.3 is 5.32 Å². The molecule has 2 aromatic rings. The molecule has 1 N–H and O–H groups in total. The number of aryl methyl sites for hydroxylation is 1. The van der Waals surface area contributed by atoms with E-state index in [9.17, 15) is 17.6 Å². The Morgan fingerprint density at radius 3 is 2.59 bits per heavy atom. The fraction of sp³-hybridized carbons (Fsp3) is 0.381. The third-order valence-corrected chi connectivity index (χ3v) is 7.22. The number of hydrogen-bond donors (Lipinski definition) is 1. The Hall–Kier alpha value is -2.45. The fourth-order valence-electron chi connectivity index (χ4n) is 3.46. The van der Waals surface area contributed by atoms with Crippen LogP contribution in [0.2, 0.25) is 0 Å². The predicted molar refractivity (Wildman–Crippen MR) is 111 cm³/mol. The Morgan fingerprint density at radius 2 is 1.90 bits per heavy atom. The molecule has 1 amide bonds. The van der Waals surface area contributed by atoms with E-state index in [2.05, 4.69) is 5.32 Å². The number of hydrogen-bond acceptors (Lipinski definition) is 3. The van der Waals surface area contributed by atoms with E-state index in [1.54, 1.807) is 0 Å². The smallest absolute Gasteiger partial charge is 0.303 e. The zero-order valence-corrected chi connectivity index (χ0v) is 17.5. The summed E-state index contributed by atoms with van der Waals surface area (Å²) in [7, 11) is -2.37. The summed E-state index contributed by atoms with van der Waals surface area (Å²) in [6.45, 7) is 2.90. The molecule has 1 saturated heterocycles. The van der Waals surface area contributed by atoms with Gasteiger partial charge in [0.15, 0.2) is 0 Å². The normalized spacial score (nSPS) is 17.7. The third kappa shape index (κ3) is 4.94. The highest BCUT2D eigenvalue weighted by Gasteiger charge is 2.34. The number of carbonyl (C=O) groups excluding carboxylic acids is 1. The van der Waals surface area contributed by atoms with Crippen LogP contribution in [0.1, 0.15) is 24.0 Å². The van der Waals surface area contributed by atoms with E-state index in [4.69, 9.17) is 0 Å². The molecule has 29 heavy (non-hydrogen) atoms. The van der Waals surface area contributed by atoms with Gasteiger partial charge in [-0.15, -0.1) is 0 Å². The molecule has 1 aliphatic heterocycles. The minimum Gasteiger partial charge on any atom is -0.352 e. The van der Waals surface area contributed by atoms with Crippen molar-refractivity contribution < 1.29 is 17.6 Å². The summed E-state index contributed by atoms with van der Waals surface area (Å²) in [4.78, 5) is 12.6. The van der Waals surface area contributed by atoms with Crippen molar-refractivity contribution in [3.8, 4) is 0 Å². The minimum absolute atomic E-state index is 0.132. The summed E-state index contributed by atoms with van der Waals surface area (Å²) < 4.78 is 41.6. The van der Waals surface area contributed by atoms with E-state index in [-0.39, 0.29) is 12.5 Å². The Kier molecular flexibility index (Phi) is 6.54. The number of benzene rings is 2. The Balaban J connectivity index is 1.65. The molecular formula is C21H26FN3O3S. The van der Waals surface area contributed by atoms with Gasteiger partial charge in [0.05, 0.1) is 11.6 Å². The van der Waals surface area contributed by atoms with Gasteiger partial charge in [-0.2, -0.15) is 12.7 Å². The second kappa shape index (κ2) is 8.92. The molecule has 0 saturated carbocycles. The average molecular weight is 420 g/mol. The van der Waals surface area contributed by atoms with E-state index in [1.807, 2.05) is 31.2 Å². The van der Waals surface area contributed by atoms with Crippen LogP contribution in [0, 0.1) is 18.7 Å². The Bertz CT molecular complexity index is 963. The van der Waals surface area contributed by atoms with Gasteiger partial charge in [0.2, 0.25) is 5.91 Å². The lowest BCUT2D eigenvalue weighted by molar-refractivity contribution is -0.126. The molecule has 1 heterocycles. The van der Waals surface area contributed by atoms with Gasteiger partial charge >= 0.3 is 10.2 Å². The van der Waals surface area contributed by atoms with Crippen molar-refractivity contribution in [2.24, 2.45) is 5.92 Å². The molecule has 1 fully saturated rings. The molecule has 0 aromatic heterocycles. The van der Waals surface area contributed by atoms with Crippen molar-refractivity contribution in [1.29, 1.82) is 0 Å². The van der Waals surface area contributed by atoms with E-state index in [0.717, 1.165) is 15.4 Å². The molecule has 2 aromatic carbocycles. The van der Waals surface area contributed by atoms with Crippen molar-refractivity contribution >= 4 is 21.8 Å². The third-order valence-electron chi connectivity index (χ3n) is 5.33. The van der Waals surface area contributed by atoms with E-state index < -0.39 is 21.9 Å². The first-order valence-electron chi connectivity index (χ1n) is 9.61. The van der Waals surface area contributed by atoms with Crippen molar-refractivity contribution in [3.63, 3.8) is 0 Å². The van der Waals surface area contributed by atoms with Crippen molar-refractivity contribution in [2.75, 3.05) is 24.4 Å². The highest BCUT2D eigenvalue weighted by atomic mass is 32.2. The Morgan fingerprint density at radius 1 is 1.21 bits per heavy atom. The minimum atomic E-state index is -3.80. The number of carbonyl (C=O) groups is 1. The number of rotatable bonds is 6. The lowest BCUT2D eigenvalue weighted by Gasteiger charge is -2.34. The summed E-state index contributed by atoms with van der Waals surface area (Å²) in [5.74, 6) is -0.968. The summed E-state index contributed by atoms with van der Waals surface area (Å²) in [6.07, 6.45) is 1.25. The van der Waals surface area contributed by atoms with Crippen LogP contribution in [0.15, 0.2) is 48.5 Å². The van der Waals surface area contributed by atoms with Crippen LogP contribution in [0.5, 0.6) is 0 Å². The van der Waals surface area contributed by atoms with Gasteiger partial charge in [-0.3, -0.25) is 9.10 Å². The molecule has 1 atom stereocenters. The standard InChI is InChI=1S/C21H26FN3O3S/c1-16-6-3-4-7-17(16)14-23-21(26)18-8-5-13-25(15-18)29(27,28)24(2)20-11-9-19(22)10-12-20/h3-4,6-7,9-12,18H,5,8,13-15H2,1-2H3,(H,23,26)/t18-/m0/s1. The van der Waals surface area contributed by atoms with Crippen molar-refractivity contribution in [2.45, 2.75) is 26.3 Å². The quantitative estimate of drug-likeness (QED) is 0.783. The monoisotopic (exact) mass is 419 g/mol. The number of piperidine rings is 1. The summed E-state index contributed by atoms with van der Waals surface area (Å²) in [5, 5.41) is 2.93. The fourth-order valence-corrected chi connectivity index (χ4v) is 4.92. The topological polar surface area (TPSA) is 69.7 Å².